The Labute approximate surface area is 107 Å². The van der Waals surface area contributed by atoms with E-state index < -0.39 is 0 Å². The average Bonchev–Trinajstić information content (AvgIpc) is 2.50. The molecule has 1 heterocycles. The van der Waals surface area contributed by atoms with E-state index in [-0.39, 0.29) is 12.4 Å². The summed E-state index contributed by atoms with van der Waals surface area (Å²) in [4.78, 5) is 2.14. The first kappa shape index (κ1) is 12.9. The van der Waals surface area contributed by atoms with Gasteiger partial charge in [0.25, 0.3) is 0 Å². The largest absolute Gasteiger partial charge is 0.395 e. The highest BCUT2D eigenvalue weighted by molar-refractivity contribution is 6.01. The van der Waals surface area contributed by atoms with Crippen LogP contribution in [-0.2, 0) is 7.05 Å². The van der Waals surface area contributed by atoms with E-state index in [1.165, 1.54) is 6.42 Å². The Kier molecular flexibility index (Phi) is 3.56. The Morgan fingerprint density at radius 2 is 2.28 bits per heavy atom. The lowest BCUT2D eigenvalue weighted by Crippen LogP contribution is -2.43. The minimum atomic E-state index is 0.0397. The highest BCUT2D eigenvalue weighted by Crippen LogP contribution is 2.32. The van der Waals surface area contributed by atoms with Crippen LogP contribution in [0.1, 0.15) is 30.5 Å². The van der Waals surface area contributed by atoms with E-state index in [9.17, 15) is 5.11 Å². The number of nitrogens with two attached hydrogens (primary N) is 1. The Hall–Kier alpha value is -1.56. The number of hydrogen-bond acceptors (Lipinski definition) is 4. The number of anilines is 1. The van der Waals surface area contributed by atoms with Gasteiger partial charge in [-0.25, -0.2) is 0 Å². The summed E-state index contributed by atoms with van der Waals surface area (Å²) in [5.74, 6) is 0.900. The molecular weight excluding hydrogens is 230 g/mol. The van der Waals surface area contributed by atoms with Crippen LogP contribution >= 0.6 is 0 Å². The first-order valence-electron chi connectivity index (χ1n) is 6.31. The number of aromatic nitrogens is 2. The van der Waals surface area contributed by atoms with Crippen molar-refractivity contribution >= 4 is 11.7 Å². The Balaban J connectivity index is 2.42. The van der Waals surface area contributed by atoms with Crippen LogP contribution in [0, 0.1) is 12.3 Å². The number of amidine groups is 1. The summed E-state index contributed by atoms with van der Waals surface area (Å²) >= 11 is 0. The lowest BCUT2D eigenvalue weighted by atomic mass is 9.91. The van der Waals surface area contributed by atoms with Crippen LogP contribution in [0.2, 0.25) is 0 Å². The molecule has 1 saturated carbocycles. The molecule has 6 nitrogen and oxygen atoms in total. The summed E-state index contributed by atoms with van der Waals surface area (Å²) in [5, 5.41) is 21.3. The summed E-state index contributed by atoms with van der Waals surface area (Å²) in [6.07, 6.45) is 3.47. The molecule has 1 aromatic heterocycles. The van der Waals surface area contributed by atoms with Gasteiger partial charge in [-0.1, -0.05) is 0 Å². The second kappa shape index (κ2) is 4.97. The van der Waals surface area contributed by atoms with Crippen molar-refractivity contribution in [2.24, 2.45) is 12.8 Å². The van der Waals surface area contributed by atoms with Gasteiger partial charge in [0.2, 0.25) is 0 Å². The van der Waals surface area contributed by atoms with E-state index in [0.29, 0.717) is 18.2 Å². The van der Waals surface area contributed by atoms with Crippen molar-refractivity contribution in [1.82, 2.24) is 9.78 Å². The van der Waals surface area contributed by atoms with Gasteiger partial charge in [-0.15, -0.1) is 0 Å². The Morgan fingerprint density at radius 1 is 1.61 bits per heavy atom. The van der Waals surface area contributed by atoms with Crippen molar-refractivity contribution in [1.29, 1.82) is 5.41 Å². The van der Waals surface area contributed by atoms with E-state index in [4.69, 9.17) is 11.1 Å². The third-order valence-electron chi connectivity index (χ3n) is 3.59. The normalized spacial score (nSPS) is 15.5. The number of aliphatic hydroxyl groups is 1. The van der Waals surface area contributed by atoms with Gasteiger partial charge in [0, 0.05) is 19.6 Å². The fourth-order valence-corrected chi connectivity index (χ4v) is 2.56. The van der Waals surface area contributed by atoms with Crippen LogP contribution in [0.5, 0.6) is 0 Å². The molecule has 0 radical (unpaired) electrons. The van der Waals surface area contributed by atoms with Crippen molar-refractivity contribution in [3.05, 3.63) is 11.3 Å². The smallest absolute Gasteiger partial charge is 0.138 e. The van der Waals surface area contributed by atoms with Crippen molar-refractivity contribution in [3.63, 3.8) is 0 Å². The standard InChI is InChI=1S/C12H21N5O/c1-8-10(11(13)14)12(16(2)15-8)17(6-7-18)9-4-3-5-9/h9,18H,3-7H2,1-2H3,(H3,13,14). The lowest BCUT2D eigenvalue weighted by molar-refractivity contribution is 0.282. The Morgan fingerprint density at radius 3 is 2.72 bits per heavy atom. The molecule has 0 aliphatic heterocycles. The second-order valence-electron chi connectivity index (χ2n) is 4.82. The highest BCUT2D eigenvalue weighted by Gasteiger charge is 2.30. The molecule has 2 rings (SSSR count). The van der Waals surface area contributed by atoms with Crippen LogP contribution in [0.4, 0.5) is 5.82 Å². The molecule has 0 unspecified atom stereocenters. The van der Waals surface area contributed by atoms with Crippen LogP contribution < -0.4 is 10.6 Å². The molecule has 0 spiro atoms. The van der Waals surface area contributed by atoms with Crippen LogP contribution in [0.15, 0.2) is 0 Å². The first-order valence-corrected chi connectivity index (χ1v) is 6.31. The highest BCUT2D eigenvalue weighted by atomic mass is 16.3. The predicted molar refractivity (Wildman–Crippen MR) is 71.0 cm³/mol. The molecular formula is C12H21N5O. The van der Waals surface area contributed by atoms with Crippen molar-refractivity contribution in [2.45, 2.75) is 32.2 Å². The van der Waals surface area contributed by atoms with E-state index in [2.05, 4.69) is 10.00 Å². The van der Waals surface area contributed by atoms with Crippen LogP contribution in [0.25, 0.3) is 0 Å². The molecule has 4 N–H and O–H groups in total. The van der Waals surface area contributed by atoms with Crippen LogP contribution in [-0.4, -0.2) is 39.9 Å². The SMILES string of the molecule is Cc1nn(C)c(N(CCO)C2CCC2)c1C(=N)N. The number of nitrogens with one attached hydrogen (secondary N) is 1. The van der Waals surface area contributed by atoms with Crippen molar-refractivity contribution in [2.75, 3.05) is 18.1 Å². The predicted octanol–water partition coefficient (Wildman–Crippen LogP) is 0.364. The van der Waals surface area contributed by atoms with Crippen molar-refractivity contribution in [3.8, 4) is 0 Å². The van der Waals surface area contributed by atoms with Gasteiger partial charge in [-0.05, 0) is 26.2 Å². The Bertz CT molecular complexity index is 450. The summed E-state index contributed by atoms with van der Waals surface area (Å²) in [7, 11) is 1.86. The maximum absolute atomic E-state index is 9.24. The lowest BCUT2D eigenvalue weighted by Gasteiger charge is -2.39. The number of hydrogen-bond donors (Lipinski definition) is 3. The summed E-state index contributed by atoms with van der Waals surface area (Å²) < 4.78 is 1.76. The maximum Gasteiger partial charge on any atom is 0.138 e. The van der Waals surface area contributed by atoms with Gasteiger partial charge in [0.15, 0.2) is 0 Å². The maximum atomic E-state index is 9.24. The van der Waals surface area contributed by atoms with Gasteiger partial charge in [0.05, 0.1) is 17.9 Å². The van der Waals surface area contributed by atoms with Gasteiger partial charge in [-0.2, -0.15) is 5.10 Å². The molecule has 0 saturated heterocycles. The molecule has 1 aliphatic rings. The minimum Gasteiger partial charge on any atom is -0.395 e. The molecule has 0 amide bonds. The quantitative estimate of drug-likeness (QED) is 0.520. The number of aliphatic hydroxyl groups excluding tert-OH is 1. The molecule has 18 heavy (non-hydrogen) atoms. The number of rotatable bonds is 5. The zero-order valence-corrected chi connectivity index (χ0v) is 11.0. The van der Waals surface area contributed by atoms with Gasteiger partial charge < -0.3 is 15.7 Å². The monoisotopic (exact) mass is 251 g/mol. The van der Waals surface area contributed by atoms with E-state index in [1.54, 1.807) is 4.68 Å². The second-order valence-corrected chi connectivity index (χ2v) is 4.82. The first-order chi connectivity index (χ1) is 8.56. The van der Waals surface area contributed by atoms with Gasteiger partial charge in [0.1, 0.15) is 11.7 Å². The summed E-state index contributed by atoms with van der Waals surface area (Å²) in [5.41, 5.74) is 7.12. The molecule has 1 aromatic rings. The molecule has 6 heteroatoms. The zero-order valence-electron chi connectivity index (χ0n) is 11.0. The van der Waals surface area contributed by atoms with E-state index >= 15 is 0 Å². The zero-order chi connectivity index (χ0) is 13.3. The van der Waals surface area contributed by atoms with E-state index in [0.717, 1.165) is 24.4 Å². The fourth-order valence-electron chi connectivity index (χ4n) is 2.56. The minimum absolute atomic E-state index is 0.0397. The number of aryl methyl sites for hydroxylation is 2. The summed E-state index contributed by atoms with van der Waals surface area (Å²) in [6, 6.07) is 0.435. The summed E-state index contributed by atoms with van der Waals surface area (Å²) in [6.45, 7) is 2.51. The molecule has 1 fully saturated rings. The topological polar surface area (TPSA) is 91.2 Å². The fraction of sp³-hybridized carbons (Fsp3) is 0.667. The van der Waals surface area contributed by atoms with Crippen molar-refractivity contribution < 1.29 is 5.11 Å². The third kappa shape index (κ3) is 2.08. The molecule has 1 aliphatic carbocycles. The molecule has 0 bridgehead atoms. The third-order valence-corrected chi connectivity index (χ3v) is 3.59. The number of nitrogens with zero attached hydrogens (tertiary/aromatic N) is 3. The molecule has 0 atom stereocenters. The van der Waals surface area contributed by atoms with Gasteiger partial charge >= 0.3 is 0 Å². The van der Waals surface area contributed by atoms with E-state index in [1.807, 2.05) is 14.0 Å². The number of nitrogen functional groups attached to an aromatic ring is 1. The van der Waals surface area contributed by atoms with Crippen LogP contribution in [0.3, 0.4) is 0 Å². The average molecular weight is 251 g/mol. The molecule has 100 valence electrons. The molecule has 0 aromatic carbocycles. The van der Waals surface area contributed by atoms with Gasteiger partial charge in [-0.3, -0.25) is 10.1 Å².